The first-order chi connectivity index (χ1) is 14.0. The minimum Gasteiger partial charge on any atom is -0.447 e. The number of ether oxygens (including phenoxy) is 1. The largest absolute Gasteiger partial charge is 0.447 e. The molecule has 0 radical (unpaired) electrons. The van der Waals surface area contributed by atoms with E-state index in [0.29, 0.717) is 27.0 Å². The third kappa shape index (κ3) is 3.65. The Balaban J connectivity index is 1.99. The first-order valence-electron chi connectivity index (χ1n) is 8.88. The van der Waals surface area contributed by atoms with E-state index in [-0.39, 0.29) is 17.5 Å². The van der Waals surface area contributed by atoms with Crippen molar-refractivity contribution >= 4 is 35.0 Å². The van der Waals surface area contributed by atoms with Crippen LogP contribution in [0.5, 0.6) is 5.88 Å². The van der Waals surface area contributed by atoms with Crippen LogP contribution in [0.1, 0.15) is 25.6 Å². The third-order valence-electron chi connectivity index (χ3n) is 4.35. The Hall–Kier alpha value is -2.71. The first-order valence-corrected chi connectivity index (χ1v) is 10.2. The summed E-state index contributed by atoms with van der Waals surface area (Å²) in [6.07, 6.45) is -0.900. The van der Waals surface area contributed by atoms with Gasteiger partial charge >= 0.3 is 0 Å². The van der Waals surface area contributed by atoms with E-state index in [1.165, 1.54) is 41.8 Å². The van der Waals surface area contributed by atoms with E-state index >= 15 is 0 Å². The molecule has 29 heavy (non-hydrogen) atoms. The molecule has 2 aromatic carbocycles. The van der Waals surface area contributed by atoms with Crippen molar-refractivity contribution in [3.8, 4) is 17.1 Å². The molecule has 1 aromatic heterocycles. The number of amides is 1. The van der Waals surface area contributed by atoms with Crippen molar-refractivity contribution < 1.29 is 13.9 Å². The Morgan fingerprint density at radius 3 is 2.79 bits per heavy atom. The molecule has 4 rings (SSSR count). The highest BCUT2D eigenvalue weighted by Gasteiger charge is 2.35. The predicted octanol–water partition coefficient (Wildman–Crippen LogP) is 4.89. The summed E-state index contributed by atoms with van der Waals surface area (Å²) in [5, 5.41) is 9.20. The molecule has 148 valence electrons. The number of nitrogens with zero attached hydrogens (tertiary/aromatic N) is 4. The second kappa shape index (κ2) is 7.96. The van der Waals surface area contributed by atoms with Crippen molar-refractivity contribution in [1.82, 2.24) is 15.2 Å². The lowest BCUT2D eigenvalue weighted by atomic mass is 10.1. The van der Waals surface area contributed by atoms with Crippen molar-refractivity contribution in [3.05, 3.63) is 58.9 Å². The van der Waals surface area contributed by atoms with Crippen molar-refractivity contribution in [1.29, 1.82) is 0 Å². The zero-order chi connectivity index (χ0) is 20.5. The molecule has 3 aromatic rings. The van der Waals surface area contributed by atoms with Gasteiger partial charge in [0.05, 0.1) is 5.69 Å². The maximum Gasteiger partial charge on any atom is 0.247 e. The van der Waals surface area contributed by atoms with Gasteiger partial charge in [0.2, 0.25) is 23.2 Å². The number of hydrogen-bond acceptors (Lipinski definition) is 6. The number of hydrogen-bond donors (Lipinski definition) is 0. The molecule has 1 atom stereocenters. The zero-order valence-corrected chi connectivity index (χ0v) is 17.2. The van der Waals surface area contributed by atoms with Gasteiger partial charge in [0.1, 0.15) is 5.82 Å². The topological polar surface area (TPSA) is 68.2 Å². The Morgan fingerprint density at radius 1 is 1.28 bits per heavy atom. The van der Waals surface area contributed by atoms with Gasteiger partial charge in [-0.25, -0.2) is 4.39 Å². The molecule has 1 aliphatic heterocycles. The van der Waals surface area contributed by atoms with Crippen molar-refractivity contribution in [2.45, 2.75) is 25.2 Å². The van der Waals surface area contributed by atoms with Crippen molar-refractivity contribution in [2.24, 2.45) is 0 Å². The van der Waals surface area contributed by atoms with Crippen LogP contribution in [0.2, 0.25) is 5.02 Å². The molecule has 1 amide bonds. The van der Waals surface area contributed by atoms with E-state index in [1.54, 1.807) is 24.3 Å². The number of fused-ring (bicyclic) bond motifs is 3. The quantitative estimate of drug-likeness (QED) is 0.551. The fraction of sp³-hybridized carbons (Fsp3) is 0.200. The lowest BCUT2D eigenvalue weighted by Crippen LogP contribution is -2.36. The van der Waals surface area contributed by atoms with Crippen LogP contribution in [0.15, 0.2) is 47.6 Å². The van der Waals surface area contributed by atoms with Gasteiger partial charge in [-0.05, 0) is 30.0 Å². The molecule has 0 saturated carbocycles. The number of thioether (sulfide) groups is 1. The van der Waals surface area contributed by atoms with Gasteiger partial charge in [-0.2, -0.15) is 4.98 Å². The highest BCUT2D eigenvalue weighted by atomic mass is 35.5. The smallest absolute Gasteiger partial charge is 0.247 e. The molecule has 0 bridgehead atoms. The number of benzene rings is 2. The summed E-state index contributed by atoms with van der Waals surface area (Å²) in [4.78, 5) is 18.5. The number of halogens is 2. The molecule has 1 unspecified atom stereocenters. The summed E-state index contributed by atoms with van der Waals surface area (Å²) in [5.74, 6) is 0.144. The molecule has 1 aliphatic rings. The molecular formula is C20H16ClFN4O2S. The van der Waals surface area contributed by atoms with Crippen LogP contribution in [-0.2, 0) is 4.79 Å². The highest BCUT2D eigenvalue weighted by Crippen LogP contribution is 2.44. The highest BCUT2D eigenvalue weighted by molar-refractivity contribution is 7.99. The number of carbonyl (C=O) groups is 1. The van der Waals surface area contributed by atoms with E-state index in [9.17, 15) is 9.18 Å². The van der Waals surface area contributed by atoms with Gasteiger partial charge in [0, 0.05) is 23.1 Å². The minimum atomic E-state index is -0.900. The van der Waals surface area contributed by atoms with Crippen LogP contribution in [0.25, 0.3) is 11.3 Å². The molecule has 0 aliphatic carbocycles. The first kappa shape index (κ1) is 19.6. The number of rotatable bonds is 3. The minimum absolute atomic E-state index is 0.163. The molecule has 0 fully saturated rings. The van der Waals surface area contributed by atoms with Gasteiger partial charge in [-0.1, -0.05) is 48.5 Å². The Morgan fingerprint density at radius 2 is 2.07 bits per heavy atom. The van der Waals surface area contributed by atoms with Gasteiger partial charge < -0.3 is 4.74 Å². The van der Waals surface area contributed by atoms with Crippen LogP contribution in [0, 0.1) is 5.82 Å². The van der Waals surface area contributed by atoms with Crippen molar-refractivity contribution in [3.63, 3.8) is 0 Å². The number of anilines is 1. The summed E-state index contributed by atoms with van der Waals surface area (Å²) in [5.41, 5.74) is 1.66. The molecule has 9 heteroatoms. The summed E-state index contributed by atoms with van der Waals surface area (Å²) in [6.45, 7) is 3.38. The maximum atomic E-state index is 14.1. The third-order valence-corrected chi connectivity index (χ3v) is 5.41. The van der Waals surface area contributed by atoms with Gasteiger partial charge in [-0.15, -0.1) is 10.2 Å². The molecule has 2 heterocycles. The van der Waals surface area contributed by atoms with E-state index in [1.807, 2.05) is 6.92 Å². The maximum absolute atomic E-state index is 14.1. The number of carbonyl (C=O) groups excluding carboxylic acids is 1. The normalized spacial score (nSPS) is 15.2. The van der Waals surface area contributed by atoms with Gasteiger partial charge in [0.15, 0.2) is 5.69 Å². The van der Waals surface area contributed by atoms with Gasteiger partial charge in [0.25, 0.3) is 0 Å². The molecule has 0 spiro atoms. The molecule has 0 N–H and O–H groups in total. The summed E-state index contributed by atoms with van der Waals surface area (Å²) in [7, 11) is 0. The summed E-state index contributed by atoms with van der Waals surface area (Å²) >= 11 is 7.81. The monoisotopic (exact) mass is 430 g/mol. The predicted molar refractivity (Wildman–Crippen MR) is 110 cm³/mol. The SMILES string of the molecule is CCSc1nnc2c(n1)OC(c1ccccc1Cl)N(C(C)=O)c1ccc(F)cc1-2. The van der Waals surface area contributed by atoms with E-state index in [4.69, 9.17) is 16.3 Å². The zero-order valence-electron chi connectivity index (χ0n) is 15.6. The molecule has 6 nitrogen and oxygen atoms in total. The molecular weight excluding hydrogens is 415 g/mol. The van der Waals surface area contributed by atoms with Crippen LogP contribution in [-0.4, -0.2) is 26.8 Å². The lowest BCUT2D eigenvalue weighted by molar-refractivity contribution is -0.118. The van der Waals surface area contributed by atoms with Crippen LogP contribution in [0.3, 0.4) is 0 Å². The Labute approximate surface area is 176 Å². The second-order valence-corrected chi connectivity index (χ2v) is 7.86. The fourth-order valence-corrected chi connectivity index (χ4v) is 3.88. The average Bonchev–Trinajstić information content (AvgIpc) is 2.82. The van der Waals surface area contributed by atoms with E-state index in [2.05, 4.69) is 15.2 Å². The Kier molecular flexibility index (Phi) is 5.38. The van der Waals surface area contributed by atoms with E-state index < -0.39 is 12.0 Å². The van der Waals surface area contributed by atoms with Gasteiger partial charge in [-0.3, -0.25) is 9.69 Å². The molecule has 0 saturated heterocycles. The van der Waals surface area contributed by atoms with Crippen molar-refractivity contribution in [2.75, 3.05) is 10.7 Å². The Bertz CT molecular complexity index is 1100. The fourth-order valence-electron chi connectivity index (χ4n) is 3.14. The lowest BCUT2D eigenvalue weighted by Gasteiger charge is -2.30. The van der Waals surface area contributed by atoms with Crippen LogP contribution >= 0.6 is 23.4 Å². The summed E-state index contributed by atoms with van der Waals surface area (Å²) < 4.78 is 20.3. The number of aromatic nitrogens is 3. The summed E-state index contributed by atoms with van der Waals surface area (Å²) in [6, 6.07) is 11.2. The van der Waals surface area contributed by atoms with E-state index in [0.717, 1.165) is 5.75 Å². The van der Waals surface area contributed by atoms with Crippen LogP contribution in [0.4, 0.5) is 10.1 Å². The standard InChI is InChI=1S/C20H16ClFN4O2S/c1-3-29-20-23-18-17(24-25-20)14-10-12(22)8-9-16(14)26(11(2)27)19(28-18)13-6-4-5-7-15(13)21/h4-10,19H,3H2,1-2H3. The second-order valence-electron chi connectivity index (χ2n) is 6.22. The van der Waals surface area contributed by atoms with Crippen LogP contribution < -0.4 is 9.64 Å². The average molecular weight is 431 g/mol.